The summed E-state index contributed by atoms with van der Waals surface area (Å²) in [7, 11) is 0.685. The van der Waals surface area contributed by atoms with Crippen molar-refractivity contribution < 1.29 is 0 Å². The molecule has 0 aliphatic heterocycles. The standard InChI is InChI=1S/C13H20N2OS2Si/c1-8-9(2)18-11-10(8)12(16)15(3)13(14-11)17-7-19(4,5)6/h7H2,1-6H3. The second-order valence-electron chi connectivity index (χ2n) is 6.07. The van der Waals surface area contributed by atoms with Crippen molar-refractivity contribution in [2.75, 3.05) is 5.38 Å². The fraction of sp³-hybridized carbons (Fsp3) is 0.538. The summed E-state index contributed by atoms with van der Waals surface area (Å²) in [5.41, 5.74) is 1.17. The summed E-state index contributed by atoms with van der Waals surface area (Å²) in [5, 5.41) is 2.73. The van der Waals surface area contributed by atoms with E-state index in [0.717, 1.165) is 26.3 Å². The number of rotatable bonds is 3. The fourth-order valence-corrected chi connectivity index (χ4v) is 5.52. The van der Waals surface area contributed by atoms with Crippen molar-refractivity contribution in [2.24, 2.45) is 7.05 Å². The van der Waals surface area contributed by atoms with Crippen LogP contribution in [-0.2, 0) is 7.05 Å². The van der Waals surface area contributed by atoms with Crippen molar-refractivity contribution in [1.82, 2.24) is 9.55 Å². The Kier molecular flexibility index (Phi) is 3.95. The van der Waals surface area contributed by atoms with Gasteiger partial charge >= 0.3 is 0 Å². The van der Waals surface area contributed by atoms with Gasteiger partial charge in [-0.3, -0.25) is 9.36 Å². The van der Waals surface area contributed by atoms with E-state index in [9.17, 15) is 4.79 Å². The highest BCUT2D eigenvalue weighted by Gasteiger charge is 2.18. The molecule has 0 atom stereocenters. The number of thiophene rings is 1. The van der Waals surface area contributed by atoms with Crippen molar-refractivity contribution in [3.8, 4) is 0 Å². The molecular weight excluding hydrogens is 292 g/mol. The largest absolute Gasteiger partial charge is 0.290 e. The molecule has 104 valence electrons. The van der Waals surface area contributed by atoms with E-state index in [1.807, 2.05) is 14.0 Å². The third-order valence-electron chi connectivity index (χ3n) is 3.00. The molecule has 0 bridgehead atoms. The van der Waals surface area contributed by atoms with Crippen molar-refractivity contribution >= 4 is 41.4 Å². The molecule has 0 aromatic carbocycles. The van der Waals surface area contributed by atoms with Gasteiger partial charge in [0, 0.05) is 11.9 Å². The molecule has 19 heavy (non-hydrogen) atoms. The highest BCUT2D eigenvalue weighted by Crippen LogP contribution is 2.28. The van der Waals surface area contributed by atoms with E-state index in [2.05, 4.69) is 31.5 Å². The fourth-order valence-electron chi connectivity index (χ4n) is 1.77. The van der Waals surface area contributed by atoms with E-state index in [0.29, 0.717) is 0 Å². The van der Waals surface area contributed by atoms with E-state index in [4.69, 9.17) is 0 Å². The Morgan fingerprint density at radius 1 is 1.32 bits per heavy atom. The maximum absolute atomic E-state index is 12.4. The molecule has 2 aromatic rings. The first-order valence-corrected chi connectivity index (χ1v) is 11.8. The minimum atomic E-state index is -1.14. The quantitative estimate of drug-likeness (QED) is 0.493. The summed E-state index contributed by atoms with van der Waals surface area (Å²) in [5.74, 6) is 0. The monoisotopic (exact) mass is 312 g/mol. The summed E-state index contributed by atoms with van der Waals surface area (Å²) in [6.45, 7) is 11.0. The van der Waals surface area contributed by atoms with E-state index in [1.165, 1.54) is 4.88 Å². The summed E-state index contributed by atoms with van der Waals surface area (Å²) < 4.78 is 1.70. The maximum atomic E-state index is 12.4. The molecule has 0 saturated carbocycles. The molecular formula is C13H20N2OS2Si. The minimum absolute atomic E-state index is 0.0879. The average molecular weight is 313 g/mol. The first kappa shape index (κ1) is 14.8. The number of thioether (sulfide) groups is 1. The minimum Gasteiger partial charge on any atom is -0.290 e. The molecule has 3 nitrogen and oxygen atoms in total. The zero-order chi connectivity index (χ0) is 14.4. The summed E-state index contributed by atoms with van der Waals surface area (Å²) >= 11 is 3.34. The smallest absolute Gasteiger partial charge is 0.262 e. The van der Waals surface area contributed by atoms with Crippen LogP contribution in [0.15, 0.2) is 9.95 Å². The second-order valence-corrected chi connectivity index (χ2v) is 14.2. The van der Waals surface area contributed by atoms with Gasteiger partial charge in [-0.2, -0.15) is 0 Å². The number of hydrogen-bond donors (Lipinski definition) is 0. The van der Waals surface area contributed by atoms with Crippen LogP contribution in [0.25, 0.3) is 10.2 Å². The van der Waals surface area contributed by atoms with Crippen molar-refractivity contribution in [3.63, 3.8) is 0 Å². The highest BCUT2D eigenvalue weighted by atomic mass is 32.2. The van der Waals surface area contributed by atoms with Crippen LogP contribution < -0.4 is 5.56 Å². The Bertz CT molecular complexity index is 682. The van der Waals surface area contributed by atoms with Crippen LogP contribution in [0, 0.1) is 13.8 Å². The Balaban J connectivity index is 2.53. The van der Waals surface area contributed by atoms with Crippen molar-refractivity contribution in [2.45, 2.75) is 38.6 Å². The Labute approximate surface area is 123 Å². The first-order valence-electron chi connectivity index (χ1n) is 6.30. The number of aromatic nitrogens is 2. The molecule has 0 saturated heterocycles. The molecule has 2 rings (SSSR count). The molecule has 6 heteroatoms. The van der Waals surface area contributed by atoms with Gasteiger partial charge in [-0.1, -0.05) is 31.4 Å². The lowest BCUT2D eigenvalue weighted by atomic mass is 10.2. The molecule has 2 aromatic heterocycles. The van der Waals surface area contributed by atoms with Gasteiger partial charge in [0.1, 0.15) is 4.83 Å². The zero-order valence-electron chi connectivity index (χ0n) is 12.3. The maximum Gasteiger partial charge on any atom is 0.262 e. The van der Waals surface area contributed by atoms with Crippen LogP contribution in [0.4, 0.5) is 0 Å². The van der Waals surface area contributed by atoms with E-state index in [-0.39, 0.29) is 5.56 Å². The van der Waals surface area contributed by atoms with E-state index >= 15 is 0 Å². The average Bonchev–Trinajstić information content (AvgIpc) is 2.57. The van der Waals surface area contributed by atoms with Gasteiger partial charge in [0.2, 0.25) is 0 Å². The van der Waals surface area contributed by atoms with Gasteiger partial charge in [-0.05, 0) is 24.8 Å². The van der Waals surface area contributed by atoms with Crippen molar-refractivity contribution in [3.05, 3.63) is 20.8 Å². The van der Waals surface area contributed by atoms with Gasteiger partial charge < -0.3 is 0 Å². The van der Waals surface area contributed by atoms with Crippen LogP contribution in [0.5, 0.6) is 0 Å². The number of fused-ring (bicyclic) bond motifs is 1. The molecule has 0 aliphatic rings. The summed E-state index contributed by atoms with van der Waals surface area (Å²) in [6.07, 6.45) is 0. The molecule has 0 radical (unpaired) electrons. The predicted octanol–water partition coefficient (Wildman–Crippen LogP) is 3.58. The van der Waals surface area contributed by atoms with Crippen LogP contribution in [-0.4, -0.2) is 23.0 Å². The molecule has 0 spiro atoms. The number of hydrogen-bond acceptors (Lipinski definition) is 4. The molecule has 0 N–H and O–H groups in total. The van der Waals surface area contributed by atoms with Gasteiger partial charge in [-0.25, -0.2) is 4.98 Å². The van der Waals surface area contributed by atoms with Crippen LogP contribution in [0.2, 0.25) is 19.6 Å². The molecule has 0 aliphatic carbocycles. The lowest BCUT2D eigenvalue weighted by Gasteiger charge is -2.15. The van der Waals surface area contributed by atoms with Crippen LogP contribution in [0.3, 0.4) is 0 Å². The molecule has 0 fully saturated rings. The zero-order valence-corrected chi connectivity index (χ0v) is 15.0. The second kappa shape index (κ2) is 5.07. The molecule has 0 amide bonds. The summed E-state index contributed by atoms with van der Waals surface area (Å²) in [6, 6.07) is 0. The highest BCUT2D eigenvalue weighted by molar-refractivity contribution is 8.00. The molecule has 2 heterocycles. The van der Waals surface area contributed by atoms with Gasteiger partial charge in [0.05, 0.1) is 13.5 Å². The lowest BCUT2D eigenvalue weighted by molar-refractivity contribution is 0.728. The van der Waals surface area contributed by atoms with E-state index in [1.54, 1.807) is 27.7 Å². The number of aryl methyl sites for hydroxylation is 2. The molecule has 0 unspecified atom stereocenters. The Hall–Kier alpha value is -0.593. The third kappa shape index (κ3) is 2.95. The Morgan fingerprint density at radius 2 is 1.95 bits per heavy atom. The third-order valence-corrected chi connectivity index (χ3v) is 8.77. The number of nitrogens with zero attached hydrogens (tertiary/aromatic N) is 2. The van der Waals surface area contributed by atoms with Crippen LogP contribution >= 0.6 is 23.1 Å². The van der Waals surface area contributed by atoms with Gasteiger partial charge in [0.25, 0.3) is 5.56 Å². The van der Waals surface area contributed by atoms with Gasteiger partial charge in [0.15, 0.2) is 5.16 Å². The first-order chi connectivity index (χ1) is 8.70. The lowest BCUT2D eigenvalue weighted by Crippen LogP contribution is -2.26. The predicted molar refractivity (Wildman–Crippen MR) is 88.4 cm³/mol. The van der Waals surface area contributed by atoms with Crippen molar-refractivity contribution in [1.29, 1.82) is 0 Å². The summed E-state index contributed by atoms with van der Waals surface area (Å²) in [4.78, 5) is 19.2. The normalized spacial score (nSPS) is 12.3. The van der Waals surface area contributed by atoms with E-state index < -0.39 is 8.07 Å². The Morgan fingerprint density at radius 3 is 2.53 bits per heavy atom. The van der Waals surface area contributed by atoms with Crippen LogP contribution in [0.1, 0.15) is 10.4 Å². The SMILES string of the molecule is Cc1sc2nc(SC[Si](C)(C)C)n(C)c(=O)c2c1C. The topological polar surface area (TPSA) is 34.9 Å². The van der Waals surface area contributed by atoms with Gasteiger partial charge in [-0.15, -0.1) is 11.3 Å².